The predicted octanol–water partition coefficient (Wildman–Crippen LogP) is 4.42. The van der Waals surface area contributed by atoms with Crippen LogP contribution >= 0.6 is 0 Å². The van der Waals surface area contributed by atoms with E-state index in [0.717, 1.165) is 18.8 Å². The van der Waals surface area contributed by atoms with Crippen LogP contribution in [-0.4, -0.2) is 5.91 Å². The molecule has 0 heterocycles. The molecule has 2 N–H and O–H groups in total. The molecule has 0 aromatic carbocycles. The Balaban J connectivity index is 1.93. The number of carbonyl (C=O) groups is 1. The second kappa shape index (κ2) is 9.41. The van der Waals surface area contributed by atoms with Gasteiger partial charge in [-0.05, 0) is 31.6 Å². The van der Waals surface area contributed by atoms with Crippen molar-refractivity contribution >= 4 is 5.91 Å². The van der Waals surface area contributed by atoms with Crippen molar-refractivity contribution in [2.45, 2.75) is 84.0 Å². The van der Waals surface area contributed by atoms with Gasteiger partial charge in [-0.2, -0.15) is 0 Å². The van der Waals surface area contributed by atoms with Crippen LogP contribution in [0, 0.1) is 11.8 Å². The van der Waals surface area contributed by atoms with Crippen LogP contribution in [0.5, 0.6) is 0 Å². The molecule has 1 fully saturated rings. The third-order valence-corrected chi connectivity index (χ3v) is 4.47. The van der Waals surface area contributed by atoms with Crippen molar-refractivity contribution in [1.29, 1.82) is 0 Å². The Morgan fingerprint density at radius 1 is 0.944 bits per heavy atom. The van der Waals surface area contributed by atoms with Gasteiger partial charge in [0.25, 0.3) is 0 Å². The van der Waals surface area contributed by atoms with Crippen LogP contribution in [-0.2, 0) is 4.79 Å². The highest BCUT2D eigenvalue weighted by atomic mass is 16.1. The lowest BCUT2D eigenvalue weighted by Crippen LogP contribution is -2.27. The van der Waals surface area contributed by atoms with E-state index in [2.05, 4.69) is 6.92 Å². The Bertz CT molecular complexity index is 219. The molecule has 2 nitrogen and oxygen atoms in total. The summed E-state index contributed by atoms with van der Waals surface area (Å²) in [4.78, 5) is 11.1. The van der Waals surface area contributed by atoms with Gasteiger partial charge in [-0.25, -0.2) is 0 Å². The van der Waals surface area contributed by atoms with E-state index in [1.54, 1.807) is 0 Å². The van der Waals surface area contributed by atoms with Gasteiger partial charge in [-0.3, -0.25) is 4.79 Å². The van der Waals surface area contributed by atoms with E-state index in [9.17, 15) is 4.79 Å². The largest absolute Gasteiger partial charge is 0.369 e. The summed E-state index contributed by atoms with van der Waals surface area (Å²) in [6, 6.07) is 0. The minimum atomic E-state index is -0.0793. The Kier molecular flexibility index (Phi) is 8.11. The van der Waals surface area contributed by atoms with Crippen molar-refractivity contribution in [3.63, 3.8) is 0 Å². The first-order valence-electron chi connectivity index (χ1n) is 8.03. The standard InChI is InChI=1S/C16H31NO/c1-2-3-4-5-6-7-8-9-14-10-12-15(13-11-14)16(17)18/h14-15H,2-13H2,1H3,(H2,17,18). The molecular formula is C16H31NO. The van der Waals surface area contributed by atoms with Gasteiger partial charge < -0.3 is 5.73 Å². The van der Waals surface area contributed by atoms with E-state index < -0.39 is 0 Å². The molecule has 1 aliphatic rings. The van der Waals surface area contributed by atoms with E-state index in [-0.39, 0.29) is 11.8 Å². The Hall–Kier alpha value is -0.530. The number of unbranched alkanes of at least 4 members (excludes halogenated alkanes) is 6. The van der Waals surface area contributed by atoms with Gasteiger partial charge in [0, 0.05) is 5.92 Å². The molecule has 0 saturated heterocycles. The molecule has 2 heteroatoms. The van der Waals surface area contributed by atoms with Crippen molar-refractivity contribution in [3.8, 4) is 0 Å². The summed E-state index contributed by atoms with van der Waals surface area (Å²) in [6.07, 6.45) is 15.7. The zero-order valence-corrected chi connectivity index (χ0v) is 12.1. The molecule has 0 atom stereocenters. The summed E-state index contributed by atoms with van der Waals surface area (Å²) < 4.78 is 0. The van der Waals surface area contributed by atoms with Crippen LogP contribution in [0.2, 0.25) is 0 Å². The van der Waals surface area contributed by atoms with E-state index in [4.69, 9.17) is 5.73 Å². The number of rotatable bonds is 9. The first kappa shape index (κ1) is 15.5. The highest BCUT2D eigenvalue weighted by Gasteiger charge is 2.23. The van der Waals surface area contributed by atoms with Crippen LogP contribution in [0.15, 0.2) is 0 Å². The lowest BCUT2D eigenvalue weighted by atomic mass is 9.79. The van der Waals surface area contributed by atoms with Crippen molar-refractivity contribution in [2.24, 2.45) is 17.6 Å². The maximum Gasteiger partial charge on any atom is 0.220 e. The van der Waals surface area contributed by atoms with Gasteiger partial charge in [-0.15, -0.1) is 0 Å². The molecular weight excluding hydrogens is 222 g/mol. The van der Waals surface area contributed by atoms with Crippen LogP contribution in [0.25, 0.3) is 0 Å². The maximum absolute atomic E-state index is 11.1. The number of amides is 1. The highest BCUT2D eigenvalue weighted by Crippen LogP contribution is 2.31. The first-order valence-corrected chi connectivity index (χ1v) is 8.03. The molecule has 0 radical (unpaired) electrons. The fourth-order valence-corrected chi connectivity index (χ4v) is 3.13. The molecule has 1 aliphatic carbocycles. The van der Waals surface area contributed by atoms with E-state index in [1.165, 1.54) is 64.2 Å². The van der Waals surface area contributed by atoms with Gasteiger partial charge >= 0.3 is 0 Å². The molecule has 1 rings (SSSR count). The van der Waals surface area contributed by atoms with Crippen molar-refractivity contribution in [3.05, 3.63) is 0 Å². The minimum Gasteiger partial charge on any atom is -0.369 e. The SMILES string of the molecule is CCCCCCCCCC1CCC(C(N)=O)CC1. The summed E-state index contributed by atoms with van der Waals surface area (Å²) in [6.45, 7) is 2.27. The van der Waals surface area contributed by atoms with E-state index in [1.807, 2.05) is 0 Å². The summed E-state index contributed by atoms with van der Waals surface area (Å²) >= 11 is 0. The van der Waals surface area contributed by atoms with Crippen LogP contribution in [0.3, 0.4) is 0 Å². The predicted molar refractivity (Wildman–Crippen MR) is 77.3 cm³/mol. The fraction of sp³-hybridized carbons (Fsp3) is 0.938. The quantitative estimate of drug-likeness (QED) is 0.607. The van der Waals surface area contributed by atoms with Gasteiger partial charge in [0.05, 0.1) is 0 Å². The maximum atomic E-state index is 11.1. The summed E-state index contributed by atoms with van der Waals surface area (Å²) in [7, 11) is 0. The van der Waals surface area contributed by atoms with Crippen LogP contribution in [0.4, 0.5) is 0 Å². The normalized spacial score (nSPS) is 24.1. The van der Waals surface area contributed by atoms with Crippen LogP contribution < -0.4 is 5.73 Å². The Morgan fingerprint density at radius 3 is 2.06 bits per heavy atom. The topological polar surface area (TPSA) is 43.1 Å². The molecule has 0 bridgehead atoms. The molecule has 0 unspecified atom stereocenters. The first-order chi connectivity index (χ1) is 8.74. The van der Waals surface area contributed by atoms with Gasteiger partial charge in [0.2, 0.25) is 5.91 Å². The van der Waals surface area contributed by atoms with E-state index >= 15 is 0 Å². The van der Waals surface area contributed by atoms with Crippen LogP contribution in [0.1, 0.15) is 84.0 Å². The van der Waals surface area contributed by atoms with Crippen molar-refractivity contribution in [1.82, 2.24) is 0 Å². The molecule has 1 amide bonds. The smallest absolute Gasteiger partial charge is 0.220 e. The van der Waals surface area contributed by atoms with Gasteiger partial charge in [-0.1, -0.05) is 58.3 Å². The lowest BCUT2D eigenvalue weighted by Gasteiger charge is -2.26. The fourth-order valence-electron chi connectivity index (χ4n) is 3.13. The number of nitrogens with two attached hydrogens (primary N) is 1. The van der Waals surface area contributed by atoms with Gasteiger partial charge in [0.1, 0.15) is 0 Å². The number of hydrogen-bond donors (Lipinski definition) is 1. The highest BCUT2D eigenvalue weighted by molar-refractivity contribution is 5.76. The summed E-state index contributed by atoms with van der Waals surface area (Å²) in [5, 5.41) is 0. The van der Waals surface area contributed by atoms with Crippen molar-refractivity contribution in [2.75, 3.05) is 0 Å². The van der Waals surface area contributed by atoms with Gasteiger partial charge in [0.15, 0.2) is 0 Å². The molecule has 0 aromatic heterocycles. The monoisotopic (exact) mass is 253 g/mol. The molecule has 18 heavy (non-hydrogen) atoms. The molecule has 1 saturated carbocycles. The average Bonchev–Trinajstić information content (AvgIpc) is 2.38. The molecule has 0 aromatic rings. The second-order valence-corrected chi connectivity index (χ2v) is 6.03. The molecule has 0 spiro atoms. The average molecular weight is 253 g/mol. The third-order valence-electron chi connectivity index (χ3n) is 4.47. The summed E-state index contributed by atoms with van der Waals surface area (Å²) in [5.74, 6) is 0.968. The van der Waals surface area contributed by atoms with E-state index in [0.29, 0.717) is 0 Å². The summed E-state index contributed by atoms with van der Waals surface area (Å²) in [5.41, 5.74) is 5.35. The number of carbonyl (C=O) groups excluding carboxylic acids is 1. The Labute approximate surface area is 113 Å². The zero-order valence-electron chi connectivity index (χ0n) is 12.1. The van der Waals surface area contributed by atoms with Crippen molar-refractivity contribution < 1.29 is 4.79 Å². The minimum absolute atomic E-state index is 0.0793. The number of hydrogen-bond acceptors (Lipinski definition) is 1. The zero-order chi connectivity index (χ0) is 13.2. The molecule has 0 aliphatic heterocycles. The lowest BCUT2D eigenvalue weighted by molar-refractivity contribution is -0.122. The molecule has 106 valence electrons. The Morgan fingerprint density at radius 2 is 1.50 bits per heavy atom. The second-order valence-electron chi connectivity index (χ2n) is 6.03. The third kappa shape index (κ3) is 6.42. The number of primary amides is 1.